The van der Waals surface area contributed by atoms with Gasteiger partial charge in [-0.25, -0.2) is 4.99 Å². The number of hydrogen-bond acceptors (Lipinski definition) is 5. The Balaban J connectivity index is 1.77. The van der Waals surface area contributed by atoms with Crippen molar-refractivity contribution in [1.82, 2.24) is 9.55 Å². The quantitative estimate of drug-likeness (QED) is 0.639. The minimum Gasteiger partial charge on any atom is -0.294 e. The fraction of sp³-hybridized carbons (Fsp3) is 0.182. The van der Waals surface area contributed by atoms with Gasteiger partial charge in [-0.15, -0.1) is 0 Å². The summed E-state index contributed by atoms with van der Waals surface area (Å²) < 4.78 is 2.19. The number of carbonyl (C=O) groups excluding carboxylic acids is 1. The number of rotatable bonds is 2. The van der Waals surface area contributed by atoms with Gasteiger partial charge in [-0.2, -0.15) is 0 Å². The summed E-state index contributed by atoms with van der Waals surface area (Å²) in [7, 11) is 0. The molecule has 7 heteroatoms. The number of fused-ring (bicyclic) bond motifs is 1. The summed E-state index contributed by atoms with van der Waals surface area (Å²) in [6, 6.07) is 12.4. The Morgan fingerprint density at radius 3 is 2.69 bits per heavy atom. The van der Waals surface area contributed by atoms with Gasteiger partial charge in [0.05, 0.1) is 22.0 Å². The normalized spacial score (nSPS) is 19.0. The van der Waals surface area contributed by atoms with Crippen LogP contribution in [0.5, 0.6) is 0 Å². The zero-order valence-electron chi connectivity index (χ0n) is 15.3. The van der Waals surface area contributed by atoms with E-state index in [4.69, 9.17) is 16.6 Å². The number of Topliss-reactive ketones (excluding diaryl/α,β-unsaturated/α-hetero) is 1. The molecule has 2 aliphatic rings. The van der Waals surface area contributed by atoms with Crippen LogP contribution < -0.4 is 14.9 Å². The lowest BCUT2D eigenvalue weighted by atomic mass is 9.86. The van der Waals surface area contributed by atoms with Crippen LogP contribution in [0.1, 0.15) is 36.6 Å². The molecule has 1 aliphatic heterocycles. The summed E-state index contributed by atoms with van der Waals surface area (Å²) in [5.74, 6) is 0.0638. The van der Waals surface area contributed by atoms with Gasteiger partial charge in [0.25, 0.3) is 5.56 Å². The number of ketones is 1. The van der Waals surface area contributed by atoms with Gasteiger partial charge in [0.15, 0.2) is 10.6 Å². The number of carbonyl (C=O) groups is 1. The number of nitrogens with zero attached hydrogens (tertiary/aromatic N) is 3. The van der Waals surface area contributed by atoms with Crippen LogP contribution in [-0.4, -0.2) is 15.3 Å². The van der Waals surface area contributed by atoms with Crippen LogP contribution >= 0.6 is 22.9 Å². The molecule has 0 radical (unpaired) electrons. The van der Waals surface area contributed by atoms with Crippen LogP contribution in [0, 0.1) is 0 Å². The molecule has 0 fully saturated rings. The van der Waals surface area contributed by atoms with E-state index in [1.807, 2.05) is 30.3 Å². The summed E-state index contributed by atoms with van der Waals surface area (Å²) in [4.78, 5) is 35.8. The zero-order valence-corrected chi connectivity index (χ0v) is 16.9. The number of benzene rings is 1. The average Bonchev–Trinajstić information content (AvgIpc) is 3.03. The van der Waals surface area contributed by atoms with Crippen molar-refractivity contribution in [2.45, 2.75) is 25.3 Å². The van der Waals surface area contributed by atoms with Crippen LogP contribution in [0.15, 0.2) is 69.7 Å². The Labute approximate surface area is 175 Å². The molecule has 0 amide bonds. The van der Waals surface area contributed by atoms with Crippen molar-refractivity contribution in [2.24, 2.45) is 4.99 Å². The molecular formula is C22H16ClN3O2S. The lowest BCUT2D eigenvalue weighted by molar-refractivity contribution is -0.116. The van der Waals surface area contributed by atoms with Crippen molar-refractivity contribution in [1.29, 1.82) is 0 Å². The number of pyridine rings is 1. The summed E-state index contributed by atoms with van der Waals surface area (Å²) >= 11 is 7.40. The highest BCUT2D eigenvalue weighted by Gasteiger charge is 2.34. The van der Waals surface area contributed by atoms with Crippen LogP contribution in [0.4, 0.5) is 0 Å². The van der Waals surface area contributed by atoms with E-state index in [2.05, 4.69) is 4.98 Å². The summed E-state index contributed by atoms with van der Waals surface area (Å²) in [6.45, 7) is 0. The highest BCUT2D eigenvalue weighted by atomic mass is 35.5. The van der Waals surface area contributed by atoms with Gasteiger partial charge >= 0.3 is 0 Å². The zero-order chi connectivity index (χ0) is 20.0. The molecule has 5 rings (SSSR count). The number of thiazole rings is 1. The molecule has 0 spiro atoms. The minimum absolute atomic E-state index is 0.0638. The maximum absolute atomic E-state index is 13.3. The Hall–Kier alpha value is -2.83. The van der Waals surface area contributed by atoms with E-state index in [-0.39, 0.29) is 11.3 Å². The van der Waals surface area contributed by atoms with E-state index in [1.54, 1.807) is 29.0 Å². The van der Waals surface area contributed by atoms with E-state index in [1.165, 1.54) is 11.3 Å². The van der Waals surface area contributed by atoms with Crippen LogP contribution in [-0.2, 0) is 4.79 Å². The molecule has 1 atom stereocenters. The van der Waals surface area contributed by atoms with Gasteiger partial charge in [0.2, 0.25) is 0 Å². The molecule has 3 heterocycles. The lowest BCUT2D eigenvalue weighted by Gasteiger charge is -2.28. The molecule has 3 aromatic rings. The molecule has 0 N–H and O–H groups in total. The molecular weight excluding hydrogens is 406 g/mol. The first-order valence-electron chi connectivity index (χ1n) is 9.36. The Bertz CT molecular complexity index is 1320. The number of hydrogen-bond donors (Lipinski definition) is 0. The van der Waals surface area contributed by atoms with Crippen LogP contribution in [0.25, 0.3) is 6.08 Å². The maximum atomic E-state index is 13.3. The Morgan fingerprint density at radius 1 is 1.10 bits per heavy atom. The minimum atomic E-state index is -0.475. The van der Waals surface area contributed by atoms with Crippen molar-refractivity contribution in [3.8, 4) is 0 Å². The molecule has 29 heavy (non-hydrogen) atoms. The fourth-order valence-electron chi connectivity index (χ4n) is 3.87. The summed E-state index contributed by atoms with van der Waals surface area (Å²) in [6.07, 6.45) is 5.48. The number of halogens is 1. The van der Waals surface area contributed by atoms with Crippen LogP contribution in [0.3, 0.4) is 0 Å². The highest BCUT2D eigenvalue weighted by molar-refractivity contribution is 7.07. The SMILES string of the molecule is O=C1CCCC2=C1[C@H](c1ccc(Cl)cc1)n1c(s/c(=C/c3ccccn3)c1=O)=N2. The predicted molar refractivity (Wildman–Crippen MR) is 113 cm³/mol. The largest absolute Gasteiger partial charge is 0.294 e. The van der Waals surface area contributed by atoms with Crippen molar-refractivity contribution in [3.05, 3.63) is 95.9 Å². The highest BCUT2D eigenvalue weighted by Crippen LogP contribution is 2.36. The van der Waals surface area contributed by atoms with E-state index in [9.17, 15) is 9.59 Å². The molecule has 2 aromatic heterocycles. The molecule has 0 unspecified atom stereocenters. The third-order valence-corrected chi connectivity index (χ3v) is 6.42. The van der Waals surface area contributed by atoms with Crippen molar-refractivity contribution < 1.29 is 4.79 Å². The van der Waals surface area contributed by atoms with Gasteiger partial charge in [0.1, 0.15) is 0 Å². The second kappa shape index (κ2) is 7.21. The molecule has 5 nitrogen and oxygen atoms in total. The third kappa shape index (κ3) is 3.18. The van der Waals surface area contributed by atoms with Gasteiger partial charge in [-0.3, -0.25) is 19.1 Å². The fourth-order valence-corrected chi connectivity index (χ4v) is 5.00. The number of aromatic nitrogens is 2. The van der Waals surface area contributed by atoms with Crippen LogP contribution in [0.2, 0.25) is 5.02 Å². The Morgan fingerprint density at radius 2 is 1.93 bits per heavy atom. The van der Waals surface area contributed by atoms with Gasteiger partial charge in [-0.1, -0.05) is 41.1 Å². The molecule has 144 valence electrons. The third-order valence-electron chi connectivity index (χ3n) is 5.18. The van der Waals surface area contributed by atoms with E-state index >= 15 is 0 Å². The average molecular weight is 422 g/mol. The second-order valence-electron chi connectivity index (χ2n) is 7.03. The monoisotopic (exact) mass is 421 g/mol. The first-order valence-corrected chi connectivity index (χ1v) is 10.6. The van der Waals surface area contributed by atoms with E-state index < -0.39 is 6.04 Å². The topological polar surface area (TPSA) is 64.3 Å². The van der Waals surface area contributed by atoms with E-state index in [0.717, 1.165) is 24.1 Å². The first kappa shape index (κ1) is 18.2. The maximum Gasteiger partial charge on any atom is 0.271 e. The van der Waals surface area contributed by atoms with Crippen molar-refractivity contribution in [3.63, 3.8) is 0 Å². The van der Waals surface area contributed by atoms with Crippen molar-refractivity contribution >= 4 is 34.8 Å². The lowest BCUT2D eigenvalue weighted by Crippen LogP contribution is -2.40. The second-order valence-corrected chi connectivity index (χ2v) is 8.47. The van der Waals surface area contributed by atoms with Gasteiger partial charge < -0.3 is 0 Å². The van der Waals surface area contributed by atoms with E-state index in [0.29, 0.717) is 32.0 Å². The Kier molecular flexibility index (Phi) is 4.53. The van der Waals surface area contributed by atoms with Gasteiger partial charge in [-0.05, 0) is 48.7 Å². The van der Waals surface area contributed by atoms with Crippen molar-refractivity contribution in [2.75, 3.05) is 0 Å². The molecule has 0 saturated carbocycles. The summed E-state index contributed by atoms with van der Waals surface area (Å²) in [5, 5.41) is 0.612. The molecule has 0 saturated heterocycles. The number of allylic oxidation sites excluding steroid dienone is 2. The summed E-state index contributed by atoms with van der Waals surface area (Å²) in [5.41, 5.74) is 2.84. The van der Waals surface area contributed by atoms with Gasteiger partial charge in [0, 0.05) is 23.2 Å². The predicted octanol–water partition coefficient (Wildman–Crippen LogP) is 3.02. The smallest absolute Gasteiger partial charge is 0.271 e. The molecule has 1 aromatic carbocycles. The first-order chi connectivity index (χ1) is 14.1. The molecule has 0 bridgehead atoms. The molecule has 1 aliphatic carbocycles. The standard InChI is InChI=1S/C22H16ClN3O2S/c23-14-9-7-13(8-10-14)20-19-16(5-3-6-17(19)27)25-22-26(20)21(28)18(29-22)12-15-4-1-2-11-24-15/h1-2,4,7-12,20H,3,5-6H2/b18-12+/t20-/m0/s1.